The molecule has 1 aromatic carbocycles. The van der Waals surface area contributed by atoms with Gasteiger partial charge in [0, 0.05) is 13.6 Å². The van der Waals surface area contributed by atoms with Crippen LogP contribution in [0.25, 0.3) is 11.1 Å². The van der Waals surface area contributed by atoms with Crippen molar-refractivity contribution in [1.29, 1.82) is 0 Å². The van der Waals surface area contributed by atoms with Crippen LogP contribution in [0.5, 0.6) is 0 Å². The Morgan fingerprint density at radius 2 is 2.19 bits per heavy atom. The normalized spacial score (nSPS) is 24.3. The molecule has 108 valence electrons. The van der Waals surface area contributed by atoms with E-state index < -0.39 is 0 Å². The lowest BCUT2D eigenvalue weighted by atomic mass is 9.76. The first-order valence-corrected chi connectivity index (χ1v) is 8.52. The molecule has 0 saturated heterocycles. The van der Waals surface area contributed by atoms with Gasteiger partial charge in [-0.25, -0.2) is 0 Å². The minimum absolute atomic E-state index is 0.124. The second-order valence-corrected chi connectivity index (χ2v) is 7.15. The summed E-state index contributed by atoms with van der Waals surface area (Å²) in [5, 5.41) is 4.42. The van der Waals surface area contributed by atoms with Crippen molar-refractivity contribution in [3.63, 3.8) is 0 Å². The highest BCUT2D eigenvalue weighted by molar-refractivity contribution is 7.08. The minimum atomic E-state index is 0.124. The van der Waals surface area contributed by atoms with E-state index in [1.807, 2.05) is 0 Å². The maximum atomic E-state index is 5.00. The van der Waals surface area contributed by atoms with Crippen LogP contribution in [0.15, 0.2) is 40.0 Å². The zero-order valence-electron chi connectivity index (χ0n) is 12.6. The van der Waals surface area contributed by atoms with Gasteiger partial charge >= 0.3 is 0 Å². The van der Waals surface area contributed by atoms with E-state index in [9.17, 15) is 0 Å². The number of amidine groups is 1. The van der Waals surface area contributed by atoms with Crippen LogP contribution in [0.1, 0.15) is 24.5 Å². The Morgan fingerprint density at radius 1 is 1.29 bits per heavy atom. The van der Waals surface area contributed by atoms with E-state index in [2.05, 4.69) is 53.9 Å². The second-order valence-electron chi connectivity index (χ2n) is 6.37. The number of aliphatic imine (C=N–C) groups is 1. The van der Waals surface area contributed by atoms with Crippen LogP contribution < -0.4 is 0 Å². The summed E-state index contributed by atoms with van der Waals surface area (Å²) in [4.78, 5) is 7.30. The number of fused-ring (bicyclic) bond motifs is 1. The molecular formula is C18H20N2S. The lowest BCUT2D eigenvalue weighted by Crippen LogP contribution is -2.39. The number of hydrogen-bond acceptors (Lipinski definition) is 3. The largest absolute Gasteiger partial charge is 0.361 e. The molecule has 4 rings (SSSR count). The van der Waals surface area contributed by atoms with Crippen molar-refractivity contribution in [2.75, 3.05) is 13.6 Å². The Kier molecular flexibility index (Phi) is 2.93. The number of nitrogens with zero attached hydrogens (tertiary/aromatic N) is 2. The molecule has 0 fully saturated rings. The van der Waals surface area contributed by atoms with Gasteiger partial charge in [-0.3, -0.25) is 4.99 Å². The van der Waals surface area contributed by atoms with Crippen molar-refractivity contribution >= 4 is 17.2 Å². The molecule has 0 amide bonds. The molecule has 1 aliphatic carbocycles. The van der Waals surface area contributed by atoms with Crippen LogP contribution in [-0.2, 0) is 12.8 Å². The maximum Gasteiger partial charge on any atom is 0.0963 e. The summed E-state index contributed by atoms with van der Waals surface area (Å²) in [6, 6.07) is 9.01. The molecule has 21 heavy (non-hydrogen) atoms. The van der Waals surface area contributed by atoms with Crippen LogP contribution in [0.2, 0.25) is 0 Å². The minimum Gasteiger partial charge on any atom is -0.361 e. The number of hydrogen-bond donors (Lipinski definition) is 0. The van der Waals surface area contributed by atoms with Crippen LogP contribution in [-0.4, -0.2) is 29.9 Å². The van der Waals surface area contributed by atoms with Crippen molar-refractivity contribution in [1.82, 2.24) is 4.90 Å². The molecule has 1 spiro atoms. The summed E-state index contributed by atoms with van der Waals surface area (Å²) in [5.74, 6) is 1.19. The van der Waals surface area contributed by atoms with Crippen molar-refractivity contribution in [3.8, 4) is 11.1 Å². The van der Waals surface area contributed by atoms with Crippen molar-refractivity contribution in [3.05, 3.63) is 46.2 Å². The molecule has 1 unspecified atom stereocenters. The van der Waals surface area contributed by atoms with Crippen molar-refractivity contribution in [2.24, 2.45) is 4.99 Å². The van der Waals surface area contributed by atoms with Gasteiger partial charge in [0.05, 0.1) is 11.4 Å². The molecule has 3 heteroatoms. The smallest absolute Gasteiger partial charge is 0.0963 e. The third-order valence-corrected chi connectivity index (χ3v) is 5.63. The maximum absolute atomic E-state index is 5.00. The van der Waals surface area contributed by atoms with Gasteiger partial charge in [-0.2, -0.15) is 11.3 Å². The average molecular weight is 296 g/mol. The summed E-state index contributed by atoms with van der Waals surface area (Å²) >= 11 is 1.78. The van der Waals surface area contributed by atoms with E-state index in [0.29, 0.717) is 0 Å². The molecule has 2 nitrogen and oxygen atoms in total. The Morgan fingerprint density at radius 3 is 2.90 bits per heavy atom. The standard InChI is InChI=1S/C18H20N2S/c1-13-19-18(12-20(13)2)8-6-17-14(10-18)4-3-5-16(17)15-7-9-21-11-15/h3-5,7,9,11H,6,8,10,12H2,1-2H3. The molecule has 1 atom stereocenters. The van der Waals surface area contributed by atoms with Gasteiger partial charge in [-0.1, -0.05) is 18.2 Å². The van der Waals surface area contributed by atoms with Gasteiger partial charge < -0.3 is 4.90 Å². The molecule has 0 N–H and O–H groups in total. The quantitative estimate of drug-likeness (QED) is 0.776. The first-order valence-electron chi connectivity index (χ1n) is 7.58. The van der Waals surface area contributed by atoms with Crippen LogP contribution in [0, 0.1) is 0 Å². The molecule has 1 aromatic heterocycles. The molecule has 0 radical (unpaired) electrons. The van der Waals surface area contributed by atoms with Gasteiger partial charge in [0.2, 0.25) is 0 Å². The highest BCUT2D eigenvalue weighted by Gasteiger charge is 2.39. The van der Waals surface area contributed by atoms with Gasteiger partial charge in [0.1, 0.15) is 0 Å². The third kappa shape index (κ3) is 2.11. The summed E-state index contributed by atoms with van der Waals surface area (Å²) in [5.41, 5.74) is 5.96. The van der Waals surface area contributed by atoms with E-state index in [4.69, 9.17) is 4.99 Å². The highest BCUT2D eigenvalue weighted by Crippen LogP contribution is 2.39. The first kappa shape index (κ1) is 13.1. The zero-order valence-corrected chi connectivity index (χ0v) is 13.4. The van der Waals surface area contributed by atoms with Crippen molar-refractivity contribution in [2.45, 2.75) is 31.7 Å². The monoisotopic (exact) mass is 296 g/mol. The summed E-state index contributed by atoms with van der Waals surface area (Å²) < 4.78 is 0. The fourth-order valence-corrected chi connectivity index (χ4v) is 4.49. The molecule has 0 saturated carbocycles. The number of rotatable bonds is 1. The highest BCUT2D eigenvalue weighted by atomic mass is 32.1. The molecule has 1 aliphatic heterocycles. The van der Waals surface area contributed by atoms with Crippen LogP contribution in [0.4, 0.5) is 0 Å². The Bertz CT molecular complexity index is 702. The molecule has 2 aromatic rings. The lowest BCUT2D eigenvalue weighted by Gasteiger charge is -2.33. The summed E-state index contributed by atoms with van der Waals surface area (Å²) in [6.07, 6.45) is 3.40. The second kappa shape index (κ2) is 4.70. The van der Waals surface area contributed by atoms with E-state index >= 15 is 0 Å². The molecule has 2 aliphatic rings. The summed E-state index contributed by atoms with van der Waals surface area (Å²) in [6.45, 7) is 3.20. The molecular weight excluding hydrogens is 276 g/mol. The Hall–Kier alpha value is -1.61. The predicted octanol–water partition coefficient (Wildman–Crippen LogP) is 4.01. The van der Waals surface area contributed by atoms with Crippen molar-refractivity contribution < 1.29 is 0 Å². The van der Waals surface area contributed by atoms with Crippen LogP contribution >= 0.6 is 11.3 Å². The van der Waals surface area contributed by atoms with Gasteiger partial charge in [0.25, 0.3) is 0 Å². The fraction of sp³-hybridized carbons (Fsp3) is 0.389. The van der Waals surface area contributed by atoms with Gasteiger partial charge in [-0.05, 0) is 65.3 Å². The molecule has 0 bridgehead atoms. The average Bonchev–Trinajstić information content (AvgIpc) is 3.08. The van der Waals surface area contributed by atoms with Gasteiger partial charge in [0.15, 0.2) is 0 Å². The van der Waals surface area contributed by atoms with Gasteiger partial charge in [-0.15, -0.1) is 0 Å². The topological polar surface area (TPSA) is 15.6 Å². The SMILES string of the molecule is CC1=NC2(CCc3c(cccc3-c3ccsc3)C2)CN1C. The van der Waals surface area contributed by atoms with E-state index in [-0.39, 0.29) is 5.54 Å². The number of thiophene rings is 1. The fourth-order valence-electron chi connectivity index (χ4n) is 3.83. The Balaban J connectivity index is 1.74. The predicted molar refractivity (Wildman–Crippen MR) is 90.3 cm³/mol. The number of likely N-dealkylation sites (N-methyl/N-ethyl adjacent to an activating group) is 1. The first-order chi connectivity index (χ1) is 10.2. The third-order valence-electron chi connectivity index (χ3n) is 4.95. The Labute approximate surface area is 130 Å². The van der Waals surface area contributed by atoms with E-state index in [1.54, 1.807) is 16.9 Å². The zero-order chi connectivity index (χ0) is 14.4. The lowest BCUT2D eigenvalue weighted by molar-refractivity contribution is 0.335. The van der Waals surface area contributed by atoms with E-state index in [1.165, 1.54) is 28.9 Å². The van der Waals surface area contributed by atoms with E-state index in [0.717, 1.165) is 19.4 Å². The number of benzene rings is 1. The summed E-state index contributed by atoms with van der Waals surface area (Å²) in [7, 11) is 2.16. The van der Waals surface area contributed by atoms with Crippen LogP contribution in [0.3, 0.4) is 0 Å². The molecule has 2 heterocycles.